The minimum atomic E-state index is -0.379. The van der Waals surface area contributed by atoms with Gasteiger partial charge >= 0.3 is 5.97 Å². The molecule has 0 fully saturated rings. The molecule has 1 aliphatic heterocycles. The molecule has 0 saturated carbocycles. The van der Waals surface area contributed by atoms with Crippen LogP contribution >= 0.6 is 0 Å². The molecule has 1 aromatic carbocycles. The van der Waals surface area contributed by atoms with E-state index in [0.29, 0.717) is 12.4 Å². The normalized spacial score (nSPS) is 17.0. The number of hydrogen-bond acceptors (Lipinski definition) is 4. The third kappa shape index (κ3) is 3.90. The van der Waals surface area contributed by atoms with Gasteiger partial charge in [-0.2, -0.15) is 0 Å². The van der Waals surface area contributed by atoms with Gasteiger partial charge < -0.3 is 19.4 Å². The molecule has 3 aromatic rings. The highest BCUT2D eigenvalue weighted by Gasteiger charge is 2.31. The Morgan fingerprint density at radius 1 is 1.20 bits per heavy atom. The van der Waals surface area contributed by atoms with Gasteiger partial charge in [-0.05, 0) is 44.5 Å². The molecule has 1 aliphatic rings. The summed E-state index contributed by atoms with van der Waals surface area (Å²) in [5.74, 6) is 0.362. The van der Waals surface area contributed by atoms with Crippen LogP contribution in [0.15, 0.2) is 53.2 Å². The van der Waals surface area contributed by atoms with Gasteiger partial charge in [0, 0.05) is 34.3 Å². The van der Waals surface area contributed by atoms with Gasteiger partial charge in [0.05, 0.1) is 18.0 Å². The summed E-state index contributed by atoms with van der Waals surface area (Å²) in [7, 11) is 0. The van der Waals surface area contributed by atoms with Crippen LogP contribution in [0.25, 0.3) is 10.9 Å². The van der Waals surface area contributed by atoms with Crippen LogP contribution in [-0.2, 0) is 14.3 Å². The van der Waals surface area contributed by atoms with Crippen molar-refractivity contribution in [2.75, 3.05) is 13.2 Å². The number of fused-ring (bicyclic) bond motifs is 1. The summed E-state index contributed by atoms with van der Waals surface area (Å²) < 4.78 is 10.9. The quantitative estimate of drug-likeness (QED) is 0.566. The molecule has 156 valence electrons. The lowest BCUT2D eigenvalue weighted by atomic mass is 9.95. The third-order valence-electron chi connectivity index (χ3n) is 5.44. The van der Waals surface area contributed by atoms with E-state index in [4.69, 9.17) is 14.5 Å². The Morgan fingerprint density at radius 2 is 2.00 bits per heavy atom. The maximum Gasteiger partial charge on any atom is 0.344 e. The second-order valence-electron chi connectivity index (χ2n) is 7.71. The van der Waals surface area contributed by atoms with Gasteiger partial charge in [0.25, 0.3) is 0 Å². The highest BCUT2D eigenvalue weighted by atomic mass is 16.6. The first-order valence-corrected chi connectivity index (χ1v) is 10.3. The minimum Gasteiger partial charge on any atom is -0.484 e. The molecule has 6 heteroatoms. The number of aromatic nitrogens is 2. The maximum absolute atomic E-state index is 11.8. The van der Waals surface area contributed by atoms with Crippen LogP contribution in [0.1, 0.15) is 42.4 Å². The standard InChI is InChI=1S/C24H27N3O3/c1-5-29-22(28)13-30-21-12-20(19-11-17-8-6-7-9-18(17)26-19)27-24(21)16(4)23-14(2)10-15(3)25-23/h6-12,16,24-26H,5,13H2,1-4H3. The molecule has 0 spiro atoms. The first kappa shape index (κ1) is 20.0. The van der Waals surface area contributed by atoms with Gasteiger partial charge in [0.15, 0.2) is 6.61 Å². The number of carbonyl (C=O) groups excluding carboxylic acids is 1. The van der Waals surface area contributed by atoms with Crippen molar-refractivity contribution in [1.82, 2.24) is 9.97 Å². The van der Waals surface area contributed by atoms with Gasteiger partial charge in [-0.25, -0.2) is 4.79 Å². The topological polar surface area (TPSA) is 79.5 Å². The van der Waals surface area contributed by atoms with Crippen molar-refractivity contribution in [3.8, 4) is 0 Å². The number of hydrogen-bond donors (Lipinski definition) is 2. The van der Waals surface area contributed by atoms with Crippen LogP contribution in [-0.4, -0.2) is 40.9 Å². The SMILES string of the molecule is CCOC(=O)COC1=CC(c2cc3ccccc3[nH]2)=NC1C(C)c1[nH]c(C)cc1C. The van der Waals surface area contributed by atoms with E-state index >= 15 is 0 Å². The lowest BCUT2D eigenvalue weighted by Crippen LogP contribution is -2.21. The van der Waals surface area contributed by atoms with Crippen molar-refractivity contribution >= 4 is 22.6 Å². The Morgan fingerprint density at radius 3 is 2.70 bits per heavy atom. The third-order valence-corrected chi connectivity index (χ3v) is 5.44. The van der Waals surface area contributed by atoms with Crippen molar-refractivity contribution in [3.05, 3.63) is 70.9 Å². The molecule has 4 rings (SSSR count). The molecule has 0 amide bonds. The lowest BCUT2D eigenvalue weighted by Gasteiger charge is -2.20. The molecule has 30 heavy (non-hydrogen) atoms. The Kier molecular flexibility index (Phi) is 5.48. The number of aromatic amines is 2. The van der Waals surface area contributed by atoms with Gasteiger partial charge in [-0.1, -0.05) is 25.1 Å². The monoisotopic (exact) mass is 405 g/mol. The largest absolute Gasteiger partial charge is 0.484 e. The molecule has 6 nitrogen and oxygen atoms in total. The molecule has 2 N–H and O–H groups in total. The van der Waals surface area contributed by atoms with Crippen LogP contribution < -0.4 is 0 Å². The van der Waals surface area contributed by atoms with E-state index < -0.39 is 0 Å². The van der Waals surface area contributed by atoms with Crippen molar-refractivity contribution in [3.63, 3.8) is 0 Å². The fourth-order valence-corrected chi connectivity index (χ4v) is 4.04. The molecule has 2 atom stereocenters. The number of esters is 1. The summed E-state index contributed by atoms with van der Waals surface area (Å²) in [5.41, 5.74) is 6.25. The number of rotatable bonds is 7. The fraction of sp³-hybridized carbons (Fsp3) is 0.333. The predicted octanol–water partition coefficient (Wildman–Crippen LogP) is 4.55. The summed E-state index contributed by atoms with van der Waals surface area (Å²) in [6.45, 7) is 8.26. The summed E-state index contributed by atoms with van der Waals surface area (Å²) in [6, 6.07) is 12.1. The van der Waals surface area contributed by atoms with Gasteiger partial charge in [-0.15, -0.1) is 0 Å². The Balaban J connectivity index is 1.66. The fourth-order valence-electron chi connectivity index (χ4n) is 4.04. The highest BCUT2D eigenvalue weighted by molar-refractivity contribution is 6.11. The number of carbonyl (C=O) groups is 1. The van der Waals surface area contributed by atoms with E-state index in [1.54, 1.807) is 6.92 Å². The number of aryl methyl sites for hydroxylation is 2. The van der Waals surface area contributed by atoms with Crippen molar-refractivity contribution < 1.29 is 14.3 Å². The summed E-state index contributed by atoms with van der Waals surface area (Å²) >= 11 is 0. The van der Waals surface area contributed by atoms with E-state index in [0.717, 1.165) is 33.7 Å². The zero-order valence-electron chi connectivity index (χ0n) is 17.8. The molecule has 0 saturated heterocycles. The second kappa shape index (κ2) is 8.22. The number of para-hydroxylation sites is 1. The Bertz CT molecular complexity index is 1100. The molecular weight excluding hydrogens is 378 g/mol. The number of nitrogens with one attached hydrogen (secondary N) is 2. The number of aliphatic imine (C=N–C) groups is 1. The smallest absolute Gasteiger partial charge is 0.344 e. The van der Waals surface area contributed by atoms with Crippen LogP contribution in [0.5, 0.6) is 0 Å². The minimum absolute atomic E-state index is 0.0639. The zero-order valence-corrected chi connectivity index (χ0v) is 17.8. The summed E-state index contributed by atoms with van der Waals surface area (Å²) in [5, 5.41) is 1.13. The number of nitrogens with zero attached hydrogens (tertiary/aromatic N) is 1. The van der Waals surface area contributed by atoms with Crippen LogP contribution in [0.4, 0.5) is 0 Å². The van der Waals surface area contributed by atoms with E-state index in [9.17, 15) is 4.79 Å². The number of allylic oxidation sites excluding steroid dienone is 1. The molecule has 0 radical (unpaired) electrons. The number of ether oxygens (including phenoxy) is 2. The average Bonchev–Trinajstić information content (AvgIpc) is 3.42. The first-order valence-electron chi connectivity index (χ1n) is 10.3. The van der Waals surface area contributed by atoms with Gasteiger partial charge in [0.1, 0.15) is 11.8 Å². The van der Waals surface area contributed by atoms with Gasteiger partial charge in [0.2, 0.25) is 0 Å². The van der Waals surface area contributed by atoms with Gasteiger partial charge in [-0.3, -0.25) is 4.99 Å². The number of benzene rings is 1. The van der Waals surface area contributed by atoms with E-state index in [1.807, 2.05) is 31.2 Å². The summed E-state index contributed by atoms with van der Waals surface area (Å²) in [6.07, 6.45) is 1.93. The van der Waals surface area contributed by atoms with Crippen molar-refractivity contribution in [1.29, 1.82) is 0 Å². The molecule has 0 bridgehead atoms. The molecule has 3 heterocycles. The number of H-pyrrole nitrogens is 2. The van der Waals surface area contributed by atoms with Crippen LogP contribution in [0.3, 0.4) is 0 Å². The van der Waals surface area contributed by atoms with Crippen molar-refractivity contribution in [2.24, 2.45) is 4.99 Å². The van der Waals surface area contributed by atoms with E-state index in [-0.39, 0.29) is 24.5 Å². The summed E-state index contributed by atoms with van der Waals surface area (Å²) in [4.78, 5) is 23.7. The lowest BCUT2D eigenvalue weighted by molar-refractivity contribution is -0.147. The van der Waals surface area contributed by atoms with E-state index in [2.05, 4.69) is 42.0 Å². The zero-order chi connectivity index (χ0) is 21.3. The Hall–Kier alpha value is -3.28. The molecule has 2 aromatic heterocycles. The second-order valence-corrected chi connectivity index (χ2v) is 7.71. The predicted molar refractivity (Wildman–Crippen MR) is 118 cm³/mol. The van der Waals surface area contributed by atoms with Crippen LogP contribution in [0, 0.1) is 13.8 Å². The first-order chi connectivity index (χ1) is 14.5. The van der Waals surface area contributed by atoms with Crippen LogP contribution in [0.2, 0.25) is 0 Å². The average molecular weight is 405 g/mol. The van der Waals surface area contributed by atoms with E-state index in [1.165, 1.54) is 5.56 Å². The maximum atomic E-state index is 11.8. The molecule has 2 unspecified atom stereocenters. The van der Waals surface area contributed by atoms with Crippen molar-refractivity contribution in [2.45, 2.75) is 39.7 Å². The Labute approximate surface area is 176 Å². The molecular formula is C24H27N3O3. The molecule has 0 aliphatic carbocycles. The highest BCUT2D eigenvalue weighted by Crippen LogP contribution is 2.33.